The second-order valence-electron chi connectivity index (χ2n) is 7.04. The van der Waals surface area contributed by atoms with Crippen molar-refractivity contribution in [3.63, 3.8) is 0 Å². The first-order chi connectivity index (χ1) is 12.3. The minimum Gasteiger partial charge on any atom is -0.381 e. The molecule has 0 aromatic carbocycles. The molecule has 0 bridgehead atoms. The number of fused-ring (bicyclic) bond motifs is 1. The Morgan fingerprint density at radius 2 is 2.20 bits per heavy atom. The Bertz CT molecular complexity index is 684. The van der Waals surface area contributed by atoms with Crippen LogP contribution in [-0.2, 0) is 29.7 Å². The summed E-state index contributed by atoms with van der Waals surface area (Å²) in [6, 6.07) is 3.98. The van der Waals surface area contributed by atoms with Gasteiger partial charge in [-0.15, -0.1) is 5.10 Å². The highest BCUT2D eigenvalue weighted by molar-refractivity contribution is 5.19. The Morgan fingerprint density at radius 3 is 3.00 bits per heavy atom. The van der Waals surface area contributed by atoms with Crippen LogP contribution in [0.25, 0.3) is 0 Å². The van der Waals surface area contributed by atoms with Gasteiger partial charge in [0, 0.05) is 51.6 Å². The molecule has 7 nitrogen and oxygen atoms in total. The molecule has 1 fully saturated rings. The van der Waals surface area contributed by atoms with Crippen molar-refractivity contribution in [1.82, 2.24) is 24.9 Å². The van der Waals surface area contributed by atoms with Gasteiger partial charge < -0.3 is 9.47 Å². The van der Waals surface area contributed by atoms with Crippen molar-refractivity contribution in [2.75, 3.05) is 32.9 Å². The highest BCUT2D eigenvalue weighted by atomic mass is 16.5. The zero-order valence-electron chi connectivity index (χ0n) is 14.7. The molecule has 0 radical (unpaired) electrons. The fourth-order valence-corrected chi connectivity index (χ4v) is 3.86. The predicted octanol–water partition coefficient (Wildman–Crippen LogP) is 1.36. The van der Waals surface area contributed by atoms with Crippen LogP contribution >= 0.6 is 0 Å². The molecule has 4 rings (SSSR count). The second-order valence-corrected chi connectivity index (χ2v) is 7.04. The van der Waals surface area contributed by atoms with Gasteiger partial charge in [0.25, 0.3) is 0 Å². The van der Waals surface area contributed by atoms with Crippen LogP contribution in [0.5, 0.6) is 0 Å². The monoisotopic (exact) mass is 343 g/mol. The van der Waals surface area contributed by atoms with E-state index in [0.29, 0.717) is 25.0 Å². The number of hydrogen-bond acceptors (Lipinski definition) is 6. The largest absolute Gasteiger partial charge is 0.381 e. The number of pyridine rings is 1. The average molecular weight is 343 g/mol. The van der Waals surface area contributed by atoms with Crippen LogP contribution in [-0.4, -0.2) is 57.8 Å². The predicted molar refractivity (Wildman–Crippen MR) is 91.8 cm³/mol. The minimum atomic E-state index is 0.299. The lowest BCUT2D eigenvalue weighted by Crippen LogP contribution is -2.39. The molecule has 0 spiro atoms. The molecular formula is C18H25N5O2. The summed E-state index contributed by atoms with van der Waals surface area (Å²) in [7, 11) is 1.97. The molecule has 2 aromatic heterocycles. The third-order valence-corrected chi connectivity index (χ3v) is 5.06. The molecule has 0 amide bonds. The molecule has 1 saturated heterocycles. The average Bonchev–Trinajstić information content (AvgIpc) is 3.26. The van der Waals surface area contributed by atoms with Crippen molar-refractivity contribution in [2.24, 2.45) is 13.0 Å². The first-order valence-corrected chi connectivity index (χ1v) is 8.95. The maximum atomic E-state index is 6.01. The van der Waals surface area contributed by atoms with Crippen LogP contribution in [0.15, 0.2) is 24.5 Å². The molecule has 0 N–H and O–H groups in total. The highest BCUT2D eigenvalue weighted by Gasteiger charge is 2.31. The number of rotatable bonds is 6. The third-order valence-electron chi connectivity index (χ3n) is 5.06. The molecule has 7 heteroatoms. The van der Waals surface area contributed by atoms with Crippen LogP contribution in [0.2, 0.25) is 0 Å². The number of aromatic nitrogens is 4. The van der Waals surface area contributed by atoms with Crippen molar-refractivity contribution >= 4 is 0 Å². The molecule has 0 saturated carbocycles. The third kappa shape index (κ3) is 3.89. The van der Waals surface area contributed by atoms with Gasteiger partial charge in [0.15, 0.2) is 0 Å². The molecule has 2 atom stereocenters. The second kappa shape index (κ2) is 7.59. The Kier molecular flexibility index (Phi) is 5.05. The van der Waals surface area contributed by atoms with Gasteiger partial charge in [0.2, 0.25) is 0 Å². The molecule has 134 valence electrons. The molecule has 4 heterocycles. The van der Waals surface area contributed by atoms with Crippen LogP contribution in [0, 0.1) is 5.92 Å². The van der Waals surface area contributed by atoms with Gasteiger partial charge in [0.05, 0.1) is 25.5 Å². The highest BCUT2D eigenvalue weighted by Crippen LogP contribution is 2.28. The van der Waals surface area contributed by atoms with Crippen LogP contribution in [0.3, 0.4) is 0 Å². The SMILES string of the molecule is Cn1nnc2c1[C@@H](COCc1ccncc1)CN(C[C@@H]1CCOC1)C2. The lowest BCUT2D eigenvalue weighted by Gasteiger charge is -2.33. The van der Waals surface area contributed by atoms with E-state index in [9.17, 15) is 0 Å². The fourth-order valence-electron chi connectivity index (χ4n) is 3.86. The van der Waals surface area contributed by atoms with Gasteiger partial charge in [0.1, 0.15) is 5.69 Å². The Labute approximate surface area is 147 Å². The van der Waals surface area contributed by atoms with Crippen molar-refractivity contribution in [1.29, 1.82) is 0 Å². The summed E-state index contributed by atoms with van der Waals surface area (Å²) in [5.74, 6) is 0.935. The normalized spacial score (nSPS) is 23.7. The van der Waals surface area contributed by atoms with Gasteiger partial charge in [-0.2, -0.15) is 0 Å². The first-order valence-electron chi connectivity index (χ1n) is 8.95. The standard InChI is InChI=1S/C18H25N5O2/c1-22-18-16(13-25-11-14-2-5-19-6-3-14)9-23(10-17(18)20-21-22)8-15-4-7-24-12-15/h2-3,5-6,15-16H,4,7-13H2,1H3/t15-,16+/m0/s1. The summed E-state index contributed by atoms with van der Waals surface area (Å²) in [4.78, 5) is 6.53. The lowest BCUT2D eigenvalue weighted by molar-refractivity contribution is 0.0794. The zero-order valence-corrected chi connectivity index (χ0v) is 14.7. The number of nitrogens with zero attached hydrogens (tertiary/aromatic N) is 5. The van der Waals surface area contributed by atoms with Crippen molar-refractivity contribution in [3.05, 3.63) is 41.5 Å². The minimum absolute atomic E-state index is 0.299. The van der Waals surface area contributed by atoms with Crippen molar-refractivity contribution in [2.45, 2.75) is 25.5 Å². The Morgan fingerprint density at radius 1 is 1.32 bits per heavy atom. The van der Waals surface area contributed by atoms with E-state index in [1.54, 1.807) is 12.4 Å². The van der Waals surface area contributed by atoms with Crippen molar-refractivity contribution in [3.8, 4) is 0 Å². The summed E-state index contributed by atoms with van der Waals surface area (Å²) >= 11 is 0. The van der Waals surface area contributed by atoms with E-state index in [4.69, 9.17) is 9.47 Å². The van der Waals surface area contributed by atoms with Gasteiger partial charge >= 0.3 is 0 Å². The molecule has 25 heavy (non-hydrogen) atoms. The van der Waals surface area contributed by atoms with E-state index in [0.717, 1.165) is 50.5 Å². The summed E-state index contributed by atoms with van der Waals surface area (Å²) in [6.07, 6.45) is 4.76. The number of hydrogen-bond donors (Lipinski definition) is 0. The summed E-state index contributed by atoms with van der Waals surface area (Å²) in [6.45, 7) is 5.99. The number of ether oxygens (including phenoxy) is 2. The van der Waals surface area contributed by atoms with Crippen molar-refractivity contribution < 1.29 is 9.47 Å². The van der Waals surface area contributed by atoms with Crippen LogP contribution < -0.4 is 0 Å². The van der Waals surface area contributed by atoms with Gasteiger partial charge in [-0.25, -0.2) is 0 Å². The quantitative estimate of drug-likeness (QED) is 0.789. The Hall–Kier alpha value is -1.83. The maximum absolute atomic E-state index is 6.01. The van der Waals surface area contributed by atoms with Gasteiger partial charge in [-0.05, 0) is 30.0 Å². The molecule has 2 aromatic rings. The number of aryl methyl sites for hydroxylation is 1. The molecule has 0 unspecified atom stereocenters. The Balaban J connectivity index is 1.40. The topological polar surface area (TPSA) is 65.3 Å². The molecular weight excluding hydrogens is 318 g/mol. The van der Waals surface area contributed by atoms with Crippen LogP contribution in [0.1, 0.15) is 29.3 Å². The van der Waals surface area contributed by atoms with E-state index in [1.165, 1.54) is 5.69 Å². The lowest BCUT2D eigenvalue weighted by atomic mass is 9.97. The van der Waals surface area contributed by atoms with Gasteiger partial charge in [-0.3, -0.25) is 14.6 Å². The van der Waals surface area contributed by atoms with E-state index in [1.807, 2.05) is 23.9 Å². The van der Waals surface area contributed by atoms with E-state index in [2.05, 4.69) is 20.2 Å². The van der Waals surface area contributed by atoms with E-state index in [-0.39, 0.29) is 0 Å². The maximum Gasteiger partial charge on any atom is 0.100 e. The molecule has 2 aliphatic heterocycles. The fraction of sp³-hybridized carbons (Fsp3) is 0.611. The summed E-state index contributed by atoms with van der Waals surface area (Å²) in [5.41, 5.74) is 3.45. The zero-order chi connectivity index (χ0) is 17.1. The van der Waals surface area contributed by atoms with E-state index >= 15 is 0 Å². The first kappa shape index (κ1) is 16.6. The summed E-state index contributed by atoms with van der Waals surface area (Å²) in [5, 5.41) is 8.61. The van der Waals surface area contributed by atoms with Gasteiger partial charge in [-0.1, -0.05) is 5.21 Å². The van der Waals surface area contributed by atoms with Crippen LogP contribution in [0.4, 0.5) is 0 Å². The molecule has 2 aliphatic rings. The summed E-state index contributed by atoms with van der Waals surface area (Å²) < 4.78 is 13.4. The molecule has 0 aliphatic carbocycles. The smallest absolute Gasteiger partial charge is 0.100 e. The van der Waals surface area contributed by atoms with E-state index < -0.39 is 0 Å².